The predicted molar refractivity (Wildman–Crippen MR) is 46.3 cm³/mol. The maximum absolute atomic E-state index is 10.4. The summed E-state index contributed by atoms with van der Waals surface area (Å²) in [7, 11) is 0. The molecule has 1 aromatic rings. The first-order chi connectivity index (χ1) is 5.70. The van der Waals surface area contributed by atoms with E-state index in [4.69, 9.17) is 4.74 Å². The first kappa shape index (κ1) is 8.78. The number of aryl methyl sites for hydroxylation is 1. The maximum Gasteiger partial charge on any atom is 0.306 e. The minimum absolute atomic E-state index is 0.314. The van der Waals surface area contributed by atoms with Crippen LogP contribution in [0.4, 0.5) is 0 Å². The number of carbonyl (C=O) groups is 1. The fraction of sp³-hybridized carbons (Fsp3) is 0.200. The van der Waals surface area contributed by atoms with E-state index in [1.54, 1.807) is 0 Å². The van der Waals surface area contributed by atoms with Crippen molar-refractivity contribution in [3.63, 3.8) is 0 Å². The molecule has 0 unspecified atom stereocenters. The van der Waals surface area contributed by atoms with Crippen LogP contribution in [0.25, 0.3) is 0 Å². The van der Waals surface area contributed by atoms with Gasteiger partial charge in [-0.15, -0.1) is 0 Å². The molecular weight excluding hydrogens is 152 g/mol. The Morgan fingerprint density at radius 1 is 1.50 bits per heavy atom. The third-order valence-corrected chi connectivity index (χ3v) is 1.65. The van der Waals surface area contributed by atoms with Crippen molar-refractivity contribution in [2.45, 2.75) is 13.5 Å². The van der Waals surface area contributed by atoms with E-state index in [-0.39, 0.29) is 0 Å². The number of benzene rings is 1. The molecule has 2 heteroatoms. The minimum Gasteiger partial charge on any atom is -0.461 e. The highest BCUT2D eigenvalue weighted by Gasteiger charge is 1.98. The van der Waals surface area contributed by atoms with Crippen LogP contribution >= 0.6 is 0 Å². The van der Waals surface area contributed by atoms with Gasteiger partial charge in [0.2, 0.25) is 0 Å². The van der Waals surface area contributed by atoms with Crippen molar-refractivity contribution < 1.29 is 9.53 Å². The molecule has 0 saturated heterocycles. The zero-order valence-electron chi connectivity index (χ0n) is 7.04. The highest BCUT2D eigenvalue weighted by atomic mass is 16.5. The molecule has 0 aliphatic heterocycles. The van der Waals surface area contributed by atoms with Crippen LogP contribution in [0.1, 0.15) is 11.1 Å². The number of rotatable bonds is 2. The van der Waals surface area contributed by atoms with Crippen molar-refractivity contribution in [1.82, 2.24) is 0 Å². The Balaban J connectivity index is 2.63. The molecule has 2 nitrogen and oxygen atoms in total. The number of hydrogen-bond donors (Lipinski definition) is 0. The summed E-state index contributed by atoms with van der Waals surface area (Å²) in [5, 5.41) is 0. The molecule has 0 bridgehead atoms. The van der Waals surface area contributed by atoms with E-state index in [0.29, 0.717) is 6.61 Å². The number of esters is 1. The molecule has 12 heavy (non-hydrogen) atoms. The Hall–Kier alpha value is -1.31. The van der Waals surface area contributed by atoms with Gasteiger partial charge in [-0.1, -0.05) is 24.3 Å². The van der Waals surface area contributed by atoms with Gasteiger partial charge in [-0.3, -0.25) is 4.79 Å². The van der Waals surface area contributed by atoms with Crippen LogP contribution in [0, 0.1) is 13.8 Å². The van der Waals surface area contributed by atoms with Gasteiger partial charge >= 0.3 is 5.97 Å². The molecule has 1 rings (SSSR count). The lowest BCUT2D eigenvalue weighted by Gasteiger charge is -2.04. The maximum atomic E-state index is 10.4. The highest BCUT2D eigenvalue weighted by molar-refractivity contribution is 5.73. The van der Waals surface area contributed by atoms with Gasteiger partial charge in [0.1, 0.15) is 6.61 Å². The molecule has 0 heterocycles. The summed E-state index contributed by atoms with van der Waals surface area (Å²) < 4.78 is 4.76. The summed E-state index contributed by atoms with van der Waals surface area (Å²) in [4.78, 5) is 10.4. The van der Waals surface area contributed by atoms with Crippen molar-refractivity contribution in [3.8, 4) is 0 Å². The lowest BCUT2D eigenvalue weighted by molar-refractivity contribution is -0.139. The molecule has 0 spiro atoms. The standard InChI is InChI=1S/C10H11O2/c1-8-5-3-4-6-10(8)7-12-9(2)11/h3-6H,2,7H2,1H3. The Labute approximate surface area is 72.2 Å². The third-order valence-electron chi connectivity index (χ3n) is 1.65. The van der Waals surface area contributed by atoms with Crippen LogP contribution in [0.5, 0.6) is 0 Å². The molecule has 0 amide bonds. The van der Waals surface area contributed by atoms with Crippen molar-refractivity contribution in [3.05, 3.63) is 42.3 Å². The summed E-state index contributed by atoms with van der Waals surface area (Å²) in [6, 6.07) is 7.77. The van der Waals surface area contributed by atoms with E-state index in [0.717, 1.165) is 11.1 Å². The highest BCUT2D eigenvalue weighted by Crippen LogP contribution is 2.07. The van der Waals surface area contributed by atoms with E-state index in [9.17, 15) is 4.79 Å². The second-order valence-electron chi connectivity index (χ2n) is 2.59. The van der Waals surface area contributed by atoms with Crippen LogP contribution in [-0.4, -0.2) is 5.97 Å². The van der Waals surface area contributed by atoms with E-state index in [1.807, 2.05) is 31.2 Å². The van der Waals surface area contributed by atoms with Crippen LogP contribution in [0.2, 0.25) is 0 Å². The van der Waals surface area contributed by atoms with Crippen molar-refractivity contribution in [1.29, 1.82) is 0 Å². The Kier molecular flexibility index (Phi) is 2.86. The molecule has 0 aliphatic rings. The molecule has 0 aromatic heterocycles. The van der Waals surface area contributed by atoms with E-state index < -0.39 is 5.97 Å². The van der Waals surface area contributed by atoms with Crippen molar-refractivity contribution in [2.24, 2.45) is 0 Å². The Bertz CT molecular complexity index is 279. The normalized spacial score (nSPS) is 9.50. The van der Waals surface area contributed by atoms with E-state index in [2.05, 4.69) is 6.92 Å². The van der Waals surface area contributed by atoms with Crippen LogP contribution in [0.3, 0.4) is 0 Å². The molecule has 63 valence electrons. The van der Waals surface area contributed by atoms with Gasteiger partial charge in [-0.2, -0.15) is 0 Å². The zero-order valence-corrected chi connectivity index (χ0v) is 7.04. The van der Waals surface area contributed by atoms with Gasteiger partial charge in [0.05, 0.1) is 6.92 Å². The predicted octanol–water partition coefficient (Wildman–Crippen LogP) is 1.87. The average Bonchev–Trinajstić information content (AvgIpc) is 2.03. The van der Waals surface area contributed by atoms with Crippen molar-refractivity contribution in [2.75, 3.05) is 0 Å². The molecule has 1 aromatic carbocycles. The molecule has 0 aliphatic carbocycles. The van der Waals surface area contributed by atoms with Crippen LogP contribution in [-0.2, 0) is 16.1 Å². The SMILES string of the molecule is [CH2]C(=O)OCc1ccccc1C. The molecule has 0 atom stereocenters. The van der Waals surface area contributed by atoms with Gasteiger partial charge in [-0.05, 0) is 18.1 Å². The molecular formula is C10H11O2. The van der Waals surface area contributed by atoms with Gasteiger partial charge in [0, 0.05) is 0 Å². The van der Waals surface area contributed by atoms with Gasteiger partial charge < -0.3 is 4.74 Å². The second-order valence-corrected chi connectivity index (χ2v) is 2.59. The van der Waals surface area contributed by atoms with Crippen molar-refractivity contribution >= 4 is 5.97 Å². The minimum atomic E-state index is -0.488. The third kappa shape index (κ3) is 2.38. The van der Waals surface area contributed by atoms with Crippen LogP contribution in [0.15, 0.2) is 24.3 Å². The number of hydrogen-bond acceptors (Lipinski definition) is 2. The number of ether oxygens (including phenoxy) is 1. The van der Waals surface area contributed by atoms with Gasteiger partial charge in [0.15, 0.2) is 0 Å². The quantitative estimate of drug-likeness (QED) is 0.622. The first-order valence-corrected chi connectivity index (χ1v) is 3.73. The molecule has 0 saturated carbocycles. The summed E-state index contributed by atoms with van der Waals surface area (Å²) in [6.45, 7) is 5.42. The smallest absolute Gasteiger partial charge is 0.306 e. The van der Waals surface area contributed by atoms with E-state index in [1.165, 1.54) is 0 Å². The Morgan fingerprint density at radius 3 is 2.75 bits per heavy atom. The first-order valence-electron chi connectivity index (χ1n) is 3.73. The average molecular weight is 163 g/mol. The second kappa shape index (κ2) is 3.90. The molecule has 1 radical (unpaired) electrons. The Morgan fingerprint density at radius 2 is 2.17 bits per heavy atom. The van der Waals surface area contributed by atoms with Gasteiger partial charge in [0.25, 0.3) is 0 Å². The number of carbonyl (C=O) groups excluding carboxylic acids is 1. The van der Waals surface area contributed by atoms with Gasteiger partial charge in [-0.25, -0.2) is 0 Å². The lowest BCUT2D eigenvalue weighted by Crippen LogP contribution is -2.00. The topological polar surface area (TPSA) is 26.3 Å². The lowest BCUT2D eigenvalue weighted by atomic mass is 10.1. The summed E-state index contributed by atoms with van der Waals surface area (Å²) >= 11 is 0. The van der Waals surface area contributed by atoms with E-state index >= 15 is 0 Å². The van der Waals surface area contributed by atoms with Crippen LogP contribution < -0.4 is 0 Å². The molecule has 0 fully saturated rings. The summed E-state index contributed by atoms with van der Waals surface area (Å²) in [5.41, 5.74) is 2.15. The fourth-order valence-corrected chi connectivity index (χ4v) is 0.930. The largest absolute Gasteiger partial charge is 0.461 e. The monoisotopic (exact) mass is 163 g/mol. The zero-order chi connectivity index (χ0) is 8.97. The fourth-order valence-electron chi connectivity index (χ4n) is 0.930. The summed E-state index contributed by atoms with van der Waals surface area (Å²) in [5.74, 6) is -0.488. The summed E-state index contributed by atoms with van der Waals surface area (Å²) in [6.07, 6.45) is 0. The molecule has 0 N–H and O–H groups in total.